The third kappa shape index (κ3) is 2.73. The summed E-state index contributed by atoms with van der Waals surface area (Å²) in [6.45, 7) is 4.11. The number of hydrogen-bond acceptors (Lipinski definition) is 4. The maximum absolute atomic E-state index is 13.7. The van der Waals surface area contributed by atoms with Gasteiger partial charge in [0, 0.05) is 37.4 Å². The van der Waals surface area contributed by atoms with Gasteiger partial charge in [0.25, 0.3) is 0 Å². The van der Waals surface area contributed by atoms with Gasteiger partial charge in [0.05, 0.1) is 46.2 Å². The highest BCUT2D eigenvalue weighted by molar-refractivity contribution is 6.08. The Bertz CT molecular complexity index is 897. The van der Waals surface area contributed by atoms with E-state index in [4.69, 9.17) is 9.47 Å². The van der Waals surface area contributed by atoms with Crippen LogP contribution in [0.3, 0.4) is 0 Å². The normalized spacial score (nSPS) is 35.4. The first-order valence-electron chi connectivity index (χ1n) is 10.9. The molecule has 2 fully saturated rings. The predicted molar refractivity (Wildman–Crippen MR) is 115 cm³/mol. The van der Waals surface area contributed by atoms with Crippen molar-refractivity contribution in [2.24, 2.45) is 11.8 Å². The molecule has 3 aliphatic heterocycles. The second kappa shape index (κ2) is 7.41. The number of rotatable bonds is 4. The molecule has 162 valence electrons. The van der Waals surface area contributed by atoms with Gasteiger partial charge in [-0.15, -0.1) is 0 Å². The van der Waals surface area contributed by atoms with Crippen LogP contribution in [0.5, 0.6) is 0 Å². The molecule has 6 nitrogen and oxygen atoms in total. The van der Waals surface area contributed by atoms with Crippen molar-refractivity contribution in [3.8, 4) is 0 Å². The summed E-state index contributed by atoms with van der Waals surface area (Å²) < 4.78 is 11.2. The lowest BCUT2D eigenvalue weighted by molar-refractivity contribution is -0.932. The highest BCUT2D eigenvalue weighted by atomic mass is 16.5. The van der Waals surface area contributed by atoms with E-state index in [1.54, 1.807) is 13.4 Å². The van der Waals surface area contributed by atoms with Gasteiger partial charge in [0.15, 0.2) is 0 Å². The molecular formula is C24H33N2O4+. The molecule has 4 rings (SSSR count). The summed E-state index contributed by atoms with van der Waals surface area (Å²) in [5, 5.41) is 0. The molecule has 1 spiro atoms. The van der Waals surface area contributed by atoms with Gasteiger partial charge in [-0.3, -0.25) is 4.79 Å². The first-order chi connectivity index (χ1) is 14.3. The number of methoxy groups -OCH3 is 2. The smallest absolute Gasteiger partial charge is 0.337 e. The fourth-order valence-corrected chi connectivity index (χ4v) is 6.61. The molecular weight excluding hydrogens is 380 g/mol. The fourth-order valence-electron chi connectivity index (χ4n) is 6.61. The van der Waals surface area contributed by atoms with Crippen LogP contribution in [-0.4, -0.2) is 63.8 Å². The van der Waals surface area contributed by atoms with E-state index in [0.717, 1.165) is 48.1 Å². The summed E-state index contributed by atoms with van der Waals surface area (Å²) in [6, 6.07) is 8.33. The van der Waals surface area contributed by atoms with Crippen LogP contribution >= 0.6 is 0 Å². The summed E-state index contributed by atoms with van der Waals surface area (Å²) in [6.07, 6.45) is 4.14. The molecule has 0 bridgehead atoms. The van der Waals surface area contributed by atoms with Crippen LogP contribution in [0.2, 0.25) is 0 Å². The van der Waals surface area contributed by atoms with E-state index in [0.29, 0.717) is 11.5 Å². The van der Waals surface area contributed by atoms with Crippen molar-refractivity contribution in [2.75, 3.05) is 46.3 Å². The Morgan fingerprint density at radius 3 is 2.73 bits per heavy atom. The molecule has 6 heteroatoms. The molecule has 0 radical (unpaired) electrons. The number of carbonyl (C=O) groups excluding carboxylic acids is 2. The fraction of sp³-hybridized carbons (Fsp3) is 0.583. The summed E-state index contributed by atoms with van der Waals surface area (Å²) in [7, 11) is 7.16. The Morgan fingerprint density at radius 1 is 1.33 bits per heavy atom. The SMILES string of the molecule is CC[C@@H]1C[N+]2(C)CC[C@]3(C(=O)N(C)c4ccccc43)[C@@H]2C[C@@H]1/C(=C\OC)C(=O)OC. The average Bonchev–Trinajstić information content (AvgIpc) is 3.18. The third-order valence-electron chi connectivity index (χ3n) is 8.06. The molecule has 1 aromatic carbocycles. The third-order valence-corrected chi connectivity index (χ3v) is 8.06. The lowest BCUT2D eigenvalue weighted by Gasteiger charge is -2.49. The Hall–Kier alpha value is -2.34. The van der Waals surface area contributed by atoms with Gasteiger partial charge in [-0.2, -0.15) is 0 Å². The zero-order chi connectivity index (χ0) is 21.7. The van der Waals surface area contributed by atoms with Crippen LogP contribution in [0.4, 0.5) is 5.69 Å². The highest BCUT2D eigenvalue weighted by Crippen LogP contribution is 2.56. The minimum atomic E-state index is -0.522. The number of para-hydroxylation sites is 1. The molecule has 1 amide bonds. The number of nitrogens with zero attached hydrogens (tertiary/aromatic N) is 2. The monoisotopic (exact) mass is 413 g/mol. The van der Waals surface area contributed by atoms with Crippen molar-refractivity contribution in [3.05, 3.63) is 41.7 Å². The zero-order valence-electron chi connectivity index (χ0n) is 18.7. The van der Waals surface area contributed by atoms with Gasteiger partial charge in [0.1, 0.15) is 11.5 Å². The first-order valence-corrected chi connectivity index (χ1v) is 10.9. The standard InChI is InChI=1S/C24H33N2O4/c1-6-16-14-26(3)12-11-24(19-9-7-8-10-20(19)25(2)23(24)28)21(26)13-17(16)18(15-29-4)22(27)30-5/h7-10,15-17,21H,6,11-14H2,1-5H3/q+1/b18-15+/t16-,17+,21+,24-,26?/m1/s1. The molecule has 3 heterocycles. The summed E-state index contributed by atoms with van der Waals surface area (Å²) in [5.41, 5.74) is 2.23. The van der Waals surface area contributed by atoms with Crippen molar-refractivity contribution in [3.63, 3.8) is 0 Å². The minimum absolute atomic E-state index is 0.0134. The van der Waals surface area contributed by atoms with Gasteiger partial charge >= 0.3 is 5.97 Å². The van der Waals surface area contributed by atoms with Gasteiger partial charge in [0.2, 0.25) is 5.91 Å². The van der Waals surface area contributed by atoms with Crippen molar-refractivity contribution >= 4 is 17.6 Å². The summed E-state index contributed by atoms with van der Waals surface area (Å²) >= 11 is 0. The van der Waals surface area contributed by atoms with E-state index >= 15 is 0 Å². The highest BCUT2D eigenvalue weighted by Gasteiger charge is 2.67. The van der Waals surface area contributed by atoms with E-state index in [2.05, 4.69) is 20.0 Å². The Balaban J connectivity index is 1.81. The van der Waals surface area contributed by atoms with E-state index in [-0.39, 0.29) is 23.8 Å². The van der Waals surface area contributed by atoms with Gasteiger partial charge < -0.3 is 18.9 Å². The van der Waals surface area contributed by atoms with Gasteiger partial charge in [-0.25, -0.2) is 4.79 Å². The maximum Gasteiger partial charge on any atom is 0.337 e. The van der Waals surface area contributed by atoms with Crippen molar-refractivity contribution in [1.29, 1.82) is 0 Å². The van der Waals surface area contributed by atoms with Crippen LogP contribution in [0.1, 0.15) is 31.7 Å². The number of hydrogen-bond donors (Lipinski definition) is 0. The summed E-state index contributed by atoms with van der Waals surface area (Å²) in [4.78, 5) is 28.2. The molecule has 0 aromatic heterocycles. The number of benzene rings is 1. The quantitative estimate of drug-likeness (QED) is 0.330. The van der Waals surface area contributed by atoms with Crippen molar-refractivity contribution in [2.45, 2.75) is 37.6 Å². The molecule has 2 saturated heterocycles. The molecule has 30 heavy (non-hydrogen) atoms. The van der Waals surface area contributed by atoms with Crippen LogP contribution in [0.15, 0.2) is 36.1 Å². The molecule has 0 N–H and O–H groups in total. The minimum Gasteiger partial charge on any atom is -0.504 e. The molecule has 5 atom stereocenters. The maximum atomic E-state index is 13.7. The van der Waals surface area contributed by atoms with E-state index in [1.807, 2.05) is 30.1 Å². The molecule has 3 aliphatic rings. The number of piperidine rings is 1. The van der Waals surface area contributed by atoms with Gasteiger partial charge in [-0.05, 0) is 18.1 Å². The number of esters is 1. The number of quaternary nitrogens is 1. The lowest BCUT2D eigenvalue weighted by Crippen LogP contribution is -2.62. The number of fused-ring (bicyclic) bond motifs is 4. The Kier molecular flexibility index (Phi) is 5.17. The van der Waals surface area contributed by atoms with Crippen molar-refractivity contribution in [1.82, 2.24) is 0 Å². The van der Waals surface area contributed by atoms with E-state index in [9.17, 15) is 9.59 Å². The largest absolute Gasteiger partial charge is 0.504 e. The Morgan fingerprint density at radius 2 is 2.07 bits per heavy atom. The second-order valence-corrected chi connectivity index (χ2v) is 9.32. The van der Waals surface area contributed by atoms with Gasteiger partial charge in [-0.1, -0.05) is 25.1 Å². The summed E-state index contributed by atoms with van der Waals surface area (Å²) in [5.74, 6) is 0.212. The van der Waals surface area contributed by atoms with Crippen LogP contribution in [0, 0.1) is 11.8 Å². The molecule has 1 aromatic rings. The predicted octanol–water partition coefficient (Wildman–Crippen LogP) is 2.87. The molecule has 0 aliphatic carbocycles. The Labute approximate surface area is 179 Å². The number of anilines is 1. The number of carbonyl (C=O) groups is 2. The second-order valence-electron chi connectivity index (χ2n) is 9.32. The number of amides is 1. The van der Waals surface area contributed by atoms with E-state index < -0.39 is 5.41 Å². The molecule has 1 unspecified atom stereocenters. The zero-order valence-corrected chi connectivity index (χ0v) is 18.7. The van der Waals surface area contributed by atoms with Crippen LogP contribution in [0.25, 0.3) is 0 Å². The first kappa shape index (κ1) is 20.9. The lowest BCUT2D eigenvalue weighted by atomic mass is 9.66. The van der Waals surface area contributed by atoms with Crippen LogP contribution in [-0.2, 0) is 24.5 Å². The topological polar surface area (TPSA) is 55.8 Å². The number of ether oxygens (including phenoxy) is 2. The molecule has 0 saturated carbocycles. The average molecular weight is 414 g/mol. The van der Waals surface area contributed by atoms with Crippen molar-refractivity contribution < 1.29 is 23.5 Å². The van der Waals surface area contributed by atoms with E-state index in [1.165, 1.54) is 7.11 Å². The van der Waals surface area contributed by atoms with Crippen LogP contribution < -0.4 is 4.90 Å². The number of likely N-dealkylation sites (N-methyl/N-ethyl adjacent to an activating group) is 2.